The Balaban J connectivity index is 2.92. The Morgan fingerprint density at radius 2 is 1.93 bits per heavy atom. The minimum Gasteiger partial charge on any atom is -0.237 e. The first kappa shape index (κ1) is 10.4. The molecule has 4 heteroatoms. The van der Waals surface area contributed by atoms with E-state index >= 15 is 0 Å². The third-order valence-corrected chi connectivity index (χ3v) is 3.22. The molecule has 15 heavy (non-hydrogen) atoms. The Morgan fingerprint density at radius 1 is 1.27 bits per heavy atom. The molecule has 0 saturated carbocycles. The van der Waals surface area contributed by atoms with Gasteiger partial charge in [0.2, 0.25) is 0 Å². The normalized spacial score (nSPS) is 11.6. The lowest BCUT2D eigenvalue weighted by Crippen LogP contribution is -2.01. The van der Waals surface area contributed by atoms with Crippen LogP contribution in [-0.2, 0) is 0 Å². The van der Waals surface area contributed by atoms with Crippen molar-refractivity contribution in [1.29, 1.82) is 0 Å². The van der Waals surface area contributed by atoms with Gasteiger partial charge in [0.25, 0.3) is 0 Å². The maximum absolute atomic E-state index is 6.20. The number of fused-ring (bicyclic) bond motifs is 1. The summed E-state index contributed by atoms with van der Waals surface area (Å²) >= 11 is 6.20. The monoisotopic (exact) mass is 223 g/mol. The molecule has 0 unspecified atom stereocenters. The summed E-state index contributed by atoms with van der Waals surface area (Å²) in [5.74, 6) is 0.375. The van der Waals surface area contributed by atoms with Crippen molar-refractivity contribution in [1.82, 2.24) is 14.6 Å². The summed E-state index contributed by atoms with van der Waals surface area (Å²) in [6.07, 6.45) is 1.56. The fourth-order valence-corrected chi connectivity index (χ4v) is 2.05. The number of aromatic nitrogens is 3. The van der Waals surface area contributed by atoms with Gasteiger partial charge < -0.3 is 0 Å². The SMILES string of the molecule is Cc1c(C)c2c(C(C)C)ncnn2c1Cl. The summed E-state index contributed by atoms with van der Waals surface area (Å²) in [4.78, 5) is 4.33. The summed E-state index contributed by atoms with van der Waals surface area (Å²) in [6, 6.07) is 0. The molecule has 0 spiro atoms. The van der Waals surface area contributed by atoms with Gasteiger partial charge in [0.15, 0.2) is 0 Å². The van der Waals surface area contributed by atoms with Gasteiger partial charge >= 0.3 is 0 Å². The molecule has 0 saturated heterocycles. The van der Waals surface area contributed by atoms with Gasteiger partial charge in [0, 0.05) is 0 Å². The Labute approximate surface area is 94.1 Å². The van der Waals surface area contributed by atoms with E-state index in [0.29, 0.717) is 11.1 Å². The van der Waals surface area contributed by atoms with Crippen LogP contribution in [0.5, 0.6) is 0 Å². The van der Waals surface area contributed by atoms with Crippen molar-refractivity contribution in [2.24, 2.45) is 0 Å². The molecular weight excluding hydrogens is 210 g/mol. The van der Waals surface area contributed by atoms with E-state index in [4.69, 9.17) is 11.6 Å². The van der Waals surface area contributed by atoms with Crippen LogP contribution in [0, 0.1) is 13.8 Å². The van der Waals surface area contributed by atoms with Gasteiger partial charge in [-0.15, -0.1) is 0 Å². The molecule has 3 nitrogen and oxygen atoms in total. The van der Waals surface area contributed by atoms with Gasteiger partial charge in [0.05, 0.1) is 11.2 Å². The van der Waals surface area contributed by atoms with E-state index in [1.165, 1.54) is 5.56 Å². The fraction of sp³-hybridized carbons (Fsp3) is 0.455. The number of nitrogens with zero attached hydrogens (tertiary/aromatic N) is 3. The smallest absolute Gasteiger partial charge is 0.136 e. The average molecular weight is 224 g/mol. The van der Waals surface area contributed by atoms with Crippen molar-refractivity contribution < 1.29 is 0 Å². The van der Waals surface area contributed by atoms with Crippen molar-refractivity contribution in [2.75, 3.05) is 0 Å². The van der Waals surface area contributed by atoms with Crippen LogP contribution >= 0.6 is 11.6 Å². The molecule has 0 atom stereocenters. The molecule has 2 aromatic rings. The Bertz CT molecular complexity index is 514. The van der Waals surface area contributed by atoms with Crippen LogP contribution in [0.4, 0.5) is 0 Å². The van der Waals surface area contributed by atoms with E-state index in [1.807, 2.05) is 6.92 Å². The van der Waals surface area contributed by atoms with E-state index in [1.54, 1.807) is 10.8 Å². The van der Waals surface area contributed by atoms with Crippen LogP contribution in [0.3, 0.4) is 0 Å². The molecule has 0 aliphatic rings. The molecule has 2 aromatic heterocycles. The van der Waals surface area contributed by atoms with Crippen LogP contribution in [0.1, 0.15) is 36.6 Å². The molecule has 80 valence electrons. The zero-order valence-electron chi connectivity index (χ0n) is 9.37. The van der Waals surface area contributed by atoms with Crippen LogP contribution in [-0.4, -0.2) is 14.6 Å². The summed E-state index contributed by atoms with van der Waals surface area (Å²) in [7, 11) is 0. The van der Waals surface area contributed by atoms with Crippen molar-refractivity contribution in [2.45, 2.75) is 33.6 Å². The zero-order valence-corrected chi connectivity index (χ0v) is 10.1. The van der Waals surface area contributed by atoms with E-state index in [2.05, 4.69) is 30.9 Å². The van der Waals surface area contributed by atoms with E-state index in [-0.39, 0.29) is 0 Å². The molecule has 0 fully saturated rings. The third kappa shape index (κ3) is 1.42. The highest BCUT2D eigenvalue weighted by atomic mass is 35.5. The summed E-state index contributed by atoms with van der Waals surface area (Å²) < 4.78 is 1.77. The van der Waals surface area contributed by atoms with Crippen LogP contribution in [0.2, 0.25) is 5.15 Å². The van der Waals surface area contributed by atoms with Crippen LogP contribution in [0.15, 0.2) is 6.33 Å². The maximum atomic E-state index is 6.20. The molecule has 0 N–H and O–H groups in total. The number of hydrogen-bond donors (Lipinski definition) is 0. The van der Waals surface area contributed by atoms with E-state index in [9.17, 15) is 0 Å². The lowest BCUT2D eigenvalue weighted by atomic mass is 10.1. The van der Waals surface area contributed by atoms with Crippen LogP contribution < -0.4 is 0 Å². The first-order valence-corrected chi connectivity index (χ1v) is 5.40. The van der Waals surface area contributed by atoms with Crippen molar-refractivity contribution in [3.63, 3.8) is 0 Å². The lowest BCUT2D eigenvalue weighted by Gasteiger charge is -2.06. The molecule has 0 aromatic carbocycles. The third-order valence-electron chi connectivity index (χ3n) is 2.78. The number of halogens is 1. The largest absolute Gasteiger partial charge is 0.237 e. The van der Waals surface area contributed by atoms with Crippen molar-refractivity contribution in [3.8, 4) is 0 Å². The number of rotatable bonds is 1. The minimum atomic E-state index is 0.375. The first-order valence-electron chi connectivity index (χ1n) is 5.02. The summed E-state index contributed by atoms with van der Waals surface area (Å²) in [6.45, 7) is 8.32. The highest BCUT2D eigenvalue weighted by Gasteiger charge is 2.16. The Morgan fingerprint density at radius 3 is 2.53 bits per heavy atom. The zero-order chi connectivity index (χ0) is 11.2. The Kier molecular flexibility index (Phi) is 2.43. The molecule has 0 amide bonds. The highest BCUT2D eigenvalue weighted by Crippen LogP contribution is 2.29. The molecule has 0 bridgehead atoms. The van der Waals surface area contributed by atoms with Gasteiger partial charge in [-0.1, -0.05) is 25.4 Å². The van der Waals surface area contributed by atoms with Gasteiger partial charge in [-0.2, -0.15) is 5.10 Å². The minimum absolute atomic E-state index is 0.375. The second kappa shape index (κ2) is 3.49. The van der Waals surface area contributed by atoms with Crippen LogP contribution in [0.25, 0.3) is 5.52 Å². The fourth-order valence-electron chi connectivity index (χ4n) is 1.78. The second-order valence-electron chi connectivity index (χ2n) is 4.10. The topological polar surface area (TPSA) is 30.2 Å². The number of hydrogen-bond acceptors (Lipinski definition) is 2. The van der Waals surface area contributed by atoms with Gasteiger partial charge in [-0.05, 0) is 30.9 Å². The highest BCUT2D eigenvalue weighted by molar-refractivity contribution is 6.31. The van der Waals surface area contributed by atoms with Crippen molar-refractivity contribution in [3.05, 3.63) is 28.3 Å². The number of aryl methyl sites for hydroxylation is 1. The molecule has 2 rings (SSSR count). The van der Waals surface area contributed by atoms with Crippen molar-refractivity contribution >= 4 is 17.1 Å². The summed E-state index contributed by atoms with van der Waals surface area (Å²) in [5, 5.41) is 4.87. The first-order chi connectivity index (χ1) is 7.04. The molecule has 0 radical (unpaired) electrons. The van der Waals surface area contributed by atoms with Gasteiger partial charge in [-0.25, -0.2) is 9.50 Å². The Hall–Kier alpha value is -1.09. The molecule has 0 aliphatic carbocycles. The van der Waals surface area contributed by atoms with Gasteiger partial charge in [0.1, 0.15) is 11.5 Å². The average Bonchev–Trinajstić information content (AvgIpc) is 2.44. The van der Waals surface area contributed by atoms with E-state index < -0.39 is 0 Å². The standard InChI is InChI=1S/C11H14ClN3/c1-6(2)9-10-7(3)8(4)11(12)15(10)14-5-13-9/h5-6H,1-4H3. The predicted molar refractivity (Wildman–Crippen MR) is 61.6 cm³/mol. The lowest BCUT2D eigenvalue weighted by molar-refractivity contribution is 0.785. The summed E-state index contributed by atoms with van der Waals surface area (Å²) in [5.41, 5.74) is 4.36. The molecule has 2 heterocycles. The molecule has 0 aliphatic heterocycles. The maximum Gasteiger partial charge on any atom is 0.136 e. The molecular formula is C11H14ClN3. The second-order valence-corrected chi connectivity index (χ2v) is 4.46. The quantitative estimate of drug-likeness (QED) is 0.744. The van der Waals surface area contributed by atoms with Gasteiger partial charge in [-0.3, -0.25) is 0 Å². The van der Waals surface area contributed by atoms with E-state index in [0.717, 1.165) is 16.8 Å². The predicted octanol–water partition coefficient (Wildman–Crippen LogP) is 3.12.